The largest absolute Gasteiger partial charge is 0.494 e. The van der Waals surface area contributed by atoms with Crippen LogP contribution in [0, 0.1) is 0 Å². The maximum atomic E-state index is 11.2. The number of fused-ring (bicyclic) bond motifs is 1. The second kappa shape index (κ2) is 5.87. The normalized spacial score (nSPS) is 15.8. The summed E-state index contributed by atoms with van der Waals surface area (Å²) in [5.41, 5.74) is 7.74. The van der Waals surface area contributed by atoms with E-state index in [1.165, 1.54) is 0 Å². The Morgan fingerprint density at radius 1 is 1.44 bits per heavy atom. The van der Waals surface area contributed by atoms with E-state index in [1.807, 2.05) is 25.1 Å². The van der Waals surface area contributed by atoms with E-state index in [1.54, 1.807) is 0 Å². The molecular formula is C14H20N2O2. The van der Waals surface area contributed by atoms with Gasteiger partial charge in [0.05, 0.1) is 6.61 Å². The molecule has 0 spiro atoms. The summed E-state index contributed by atoms with van der Waals surface area (Å²) in [6, 6.07) is 6.05. The van der Waals surface area contributed by atoms with E-state index in [0.717, 1.165) is 36.3 Å². The Balaban J connectivity index is 1.89. The number of carbonyl (C=O) groups is 1. The molecule has 0 saturated carbocycles. The van der Waals surface area contributed by atoms with Crippen LogP contribution >= 0.6 is 0 Å². The highest BCUT2D eigenvalue weighted by Gasteiger charge is 2.14. The lowest BCUT2D eigenvalue weighted by molar-refractivity contribution is -0.116. The minimum absolute atomic E-state index is 0.0908. The third-order valence-electron chi connectivity index (χ3n) is 3.04. The Morgan fingerprint density at radius 3 is 3.06 bits per heavy atom. The van der Waals surface area contributed by atoms with Gasteiger partial charge in [-0.05, 0) is 49.9 Å². The number of anilines is 1. The monoisotopic (exact) mass is 248 g/mol. The fourth-order valence-electron chi connectivity index (χ4n) is 2.04. The Morgan fingerprint density at radius 2 is 2.28 bits per heavy atom. The molecule has 0 bridgehead atoms. The van der Waals surface area contributed by atoms with Crippen molar-refractivity contribution in [3.63, 3.8) is 0 Å². The van der Waals surface area contributed by atoms with Crippen molar-refractivity contribution in [3.05, 3.63) is 23.8 Å². The molecule has 1 aromatic rings. The molecule has 18 heavy (non-hydrogen) atoms. The second-order valence-corrected chi connectivity index (χ2v) is 4.84. The standard InChI is InChI=1S/C14H20N2O2/c1-10(15)3-2-8-18-12-5-6-13-11(9-12)4-7-14(17)16-13/h5-6,9-10H,2-4,7-8,15H2,1H3,(H,16,17). The van der Waals surface area contributed by atoms with Gasteiger partial charge in [0.15, 0.2) is 0 Å². The highest BCUT2D eigenvalue weighted by atomic mass is 16.5. The lowest BCUT2D eigenvalue weighted by Gasteiger charge is -2.17. The summed E-state index contributed by atoms with van der Waals surface area (Å²) in [5.74, 6) is 0.961. The molecule has 0 aromatic heterocycles. The fraction of sp³-hybridized carbons (Fsp3) is 0.500. The van der Waals surface area contributed by atoms with E-state index in [9.17, 15) is 4.79 Å². The number of nitrogens with one attached hydrogen (secondary N) is 1. The average Bonchev–Trinajstić information content (AvgIpc) is 2.34. The Hall–Kier alpha value is -1.55. The van der Waals surface area contributed by atoms with Crippen LogP contribution < -0.4 is 15.8 Å². The summed E-state index contributed by atoms with van der Waals surface area (Å²) in [4.78, 5) is 11.2. The predicted molar refractivity (Wildman–Crippen MR) is 71.8 cm³/mol. The molecule has 2 rings (SSSR count). The van der Waals surface area contributed by atoms with Crippen LogP contribution in [0.5, 0.6) is 5.75 Å². The zero-order chi connectivity index (χ0) is 13.0. The van der Waals surface area contributed by atoms with Crippen LogP contribution in [0.4, 0.5) is 5.69 Å². The molecular weight excluding hydrogens is 228 g/mol. The van der Waals surface area contributed by atoms with Crippen LogP contribution in [0.15, 0.2) is 18.2 Å². The molecule has 4 heteroatoms. The molecule has 0 fully saturated rings. The van der Waals surface area contributed by atoms with Gasteiger partial charge in [-0.1, -0.05) is 0 Å². The number of carbonyl (C=O) groups excluding carboxylic acids is 1. The second-order valence-electron chi connectivity index (χ2n) is 4.84. The highest BCUT2D eigenvalue weighted by molar-refractivity contribution is 5.93. The third kappa shape index (κ3) is 3.47. The number of amides is 1. The SMILES string of the molecule is CC(N)CCCOc1ccc2c(c1)CCC(=O)N2. The van der Waals surface area contributed by atoms with E-state index in [4.69, 9.17) is 10.5 Å². The molecule has 1 unspecified atom stereocenters. The quantitative estimate of drug-likeness (QED) is 0.784. The predicted octanol–water partition coefficient (Wildman–Crippen LogP) is 2.08. The number of ether oxygens (including phenoxy) is 1. The topological polar surface area (TPSA) is 64.3 Å². The first-order chi connectivity index (χ1) is 8.65. The van der Waals surface area contributed by atoms with Crippen molar-refractivity contribution in [2.75, 3.05) is 11.9 Å². The van der Waals surface area contributed by atoms with Crippen molar-refractivity contribution in [2.24, 2.45) is 5.73 Å². The molecule has 1 heterocycles. The van der Waals surface area contributed by atoms with E-state index in [-0.39, 0.29) is 11.9 Å². The smallest absolute Gasteiger partial charge is 0.224 e. The maximum Gasteiger partial charge on any atom is 0.224 e. The van der Waals surface area contributed by atoms with Gasteiger partial charge in [-0.2, -0.15) is 0 Å². The lowest BCUT2D eigenvalue weighted by Crippen LogP contribution is -2.19. The van der Waals surface area contributed by atoms with E-state index in [2.05, 4.69) is 5.32 Å². The first-order valence-corrected chi connectivity index (χ1v) is 6.46. The zero-order valence-corrected chi connectivity index (χ0v) is 10.7. The average molecular weight is 248 g/mol. The van der Waals surface area contributed by atoms with Crippen molar-refractivity contribution in [1.82, 2.24) is 0 Å². The number of nitrogens with two attached hydrogens (primary N) is 1. The van der Waals surface area contributed by atoms with Gasteiger partial charge in [0, 0.05) is 18.2 Å². The van der Waals surface area contributed by atoms with Crippen molar-refractivity contribution < 1.29 is 9.53 Å². The van der Waals surface area contributed by atoms with Gasteiger partial charge < -0.3 is 15.8 Å². The first kappa shape index (κ1) is 12.9. The molecule has 4 nitrogen and oxygen atoms in total. The summed E-state index contributed by atoms with van der Waals surface area (Å²) in [6.07, 6.45) is 3.28. The van der Waals surface area contributed by atoms with Gasteiger partial charge in [-0.3, -0.25) is 4.79 Å². The van der Waals surface area contributed by atoms with Crippen molar-refractivity contribution >= 4 is 11.6 Å². The maximum absolute atomic E-state index is 11.2. The van der Waals surface area contributed by atoms with Gasteiger partial charge in [-0.15, -0.1) is 0 Å². The molecule has 1 aliphatic heterocycles. The first-order valence-electron chi connectivity index (χ1n) is 6.46. The number of benzene rings is 1. The Bertz CT molecular complexity index is 430. The molecule has 1 atom stereocenters. The van der Waals surface area contributed by atoms with Crippen molar-refractivity contribution in [3.8, 4) is 5.75 Å². The molecule has 1 aliphatic rings. The van der Waals surface area contributed by atoms with Gasteiger partial charge in [0.2, 0.25) is 5.91 Å². The number of hydrogen-bond acceptors (Lipinski definition) is 3. The van der Waals surface area contributed by atoms with Crippen LogP contribution in [-0.4, -0.2) is 18.6 Å². The van der Waals surface area contributed by atoms with Crippen LogP contribution in [-0.2, 0) is 11.2 Å². The number of aryl methyl sites for hydroxylation is 1. The summed E-state index contributed by atoms with van der Waals surface area (Å²) in [6.45, 7) is 2.69. The molecule has 0 radical (unpaired) electrons. The van der Waals surface area contributed by atoms with Crippen LogP contribution in [0.1, 0.15) is 31.7 Å². The number of rotatable bonds is 5. The van der Waals surface area contributed by atoms with Crippen molar-refractivity contribution in [1.29, 1.82) is 0 Å². The molecule has 1 aromatic carbocycles. The summed E-state index contributed by atoms with van der Waals surface area (Å²) >= 11 is 0. The molecule has 98 valence electrons. The molecule has 1 amide bonds. The minimum atomic E-state index is 0.0908. The zero-order valence-electron chi connectivity index (χ0n) is 10.7. The summed E-state index contributed by atoms with van der Waals surface area (Å²) in [7, 11) is 0. The summed E-state index contributed by atoms with van der Waals surface area (Å²) in [5, 5.41) is 2.86. The van der Waals surface area contributed by atoms with E-state index >= 15 is 0 Å². The Kier molecular flexibility index (Phi) is 4.20. The molecule has 0 saturated heterocycles. The lowest BCUT2D eigenvalue weighted by atomic mass is 10.0. The van der Waals surface area contributed by atoms with Gasteiger partial charge in [-0.25, -0.2) is 0 Å². The van der Waals surface area contributed by atoms with Gasteiger partial charge in [0.1, 0.15) is 5.75 Å². The van der Waals surface area contributed by atoms with Crippen LogP contribution in [0.25, 0.3) is 0 Å². The Labute approximate surface area is 108 Å². The fourth-order valence-corrected chi connectivity index (χ4v) is 2.04. The van der Waals surface area contributed by atoms with E-state index < -0.39 is 0 Å². The van der Waals surface area contributed by atoms with Crippen LogP contribution in [0.3, 0.4) is 0 Å². The highest BCUT2D eigenvalue weighted by Crippen LogP contribution is 2.26. The summed E-state index contributed by atoms with van der Waals surface area (Å²) < 4.78 is 5.68. The molecule has 3 N–H and O–H groups in total. The van der Waals surface area contributed by atoms with Gasteiger partial charge in [0.25, 0.3) is 0 Å². The van der Waals surface area contributed by atoms with E-state index in [0.29, 0.717) is 13.0 Å². The van der Waals surface area contributed by atoms with Crippen LogP contribution in [0.2, 0.25) is 0 Å². The third-order valence-corrected chi connectivity index (χ3v) is 3.04. The minimum Gasteiger partial charge on any atom is -0.494 e. The van der Waals surface area contributed by atoms with Crippen molar-refractivity contribution in [2.45, 2.75) is 38.6 Å². The van der Waals surface area contributed by atoms with Gasteiger partial charge >= 0.3 is 0 Å². The molecule has 0 aliphatic carbocycles. The number of hydrogen-bond donors (Lipinski definition) is 2.